The van der Waals surface area contributed by atoms with E-state index in [9.17, 15) is 13.2 Å². The maximum absolute atomic E-state index is 12.6. The molecule has 0 saturated heterocycles. The molecule has 0 fully saturated rings. The summed E-state index contributed by atoms with van der Waals surface area (Å²) in [6, 6.07) is 7.25. The van der Waals surface area contributed by atoms with Gasteiger partial charge in [0, 0.05) is 11.9 Å². The average Bonchev–Trinajstić information content (AvgIpc) is 2.69. The van der Waals surface area contributed by atoms with E-state index in [1.54, 1.807) is 24.4 Å². The molecule has 0 aliphatic carbocycles. The minimum atomic E-state index is -4.43. The summed E-state index contributed by atoms with van der Waals surface area (Å²) in [6.45, 7) is 0. The quantitative estimate of drug-likeness (QED) is 0.769. The average molecular weight is 246 g/mol. The highest BCUT2D eigenvalue weighted by atomic mass is 35.5. The molecule has 0 radical (unpaired) electrons. The van der Waals surface area contributed by atoms with Crippen LogP contribution in [0.15, 0.2) is 36.5 Å². The lowest BCUT2D eigenvalue weighted by atomic mass is 10.1. The third kappa shape index (κ3) is 2.07. The SMILES string of the molecule is FC(F)(F)c1cc(-c2ccc[nH]2)ccc1Cl. The summed E-state index contributed by atoms with van der Waals surface area (Å²) >= 11 is 5.51. The number of hydrogen-bond acceptors (Lipinski definition) is 0. The molecular formula is C11H7ClF3N. The fraction of sp³-hybridized carbons (Fsp3) is 0.0909. The van der Waals surface area contributed by atoms with Gasteiger partial charge < -0.3 is 4.98 Å². The molecule has 1 nitrogen and oxygen atoms in total. The van der Waals surface area contributed by atoms with Crippen molar-refractivity contribution in [2.45, 2.75) is 6.18 Å². The summed E-state index contributed by atoms with van der Waals surface area (Å²) in [5, 5.41) is -0.289. The number of aromatic nitrogens is 1. The van der Waals surface area contributed by atoms with Crippen LogP contribution in [0.1, 0.15) is 5.56 Å². The van der Waals surface area contributed by atoms with Crippen molar-refractivity contribution in [3.63, 3.8) is 0 Å². The number of hydrogen-bond donors (Lipinski definition) is 1. The van der Waals surface area contributed by atoms with Crippen LogP contribution in [0.2, 0.25) is 5.02 Å². The van der Waals surface area contributed by atoms with Crippen LogP contribution in [0, 0.1) is 0 Å². The topological polar surface area (TPSA) is 15.8 Å². The Balaban J connectivity index is 2.52. The first kappa shape index (κ1) is 11.1. The smallest absolute Gasteiger partial charge is 0.361 e. The summed E-state index contributed by atoms with van der Waals surface area (Å²) in [6.07, 6.45) is -2.78. The summed E-state index contributed by atoms with van der Waals surface area (Å²) in [4.78, 5) is 2.84. The van der Waals surface area contributed by atoms with Gasteiger partial charge in [0.05, 0.1) is 10.6 Å². The number of aromatic amines is 1. The predicted octanol–water partition coefficient (Wildman–Crippen LogP) is 4.35. The third-order valence-electron chi connectivity index (χ3n) is 2.18. The Labute approximate surface area is 94.9 Å². The van der Waals surface area contributed by atoms with E-state index in [-0.39, 0.29) is 5.02 Å². The van der Waals surface area contributed by atoms with Gasteiger partial charge in [0.2, 0.25) is 0 Å². The molecule has 0 aliphatic rings. The van der Waals surface area contributed by atoms with Gasteiger partial charge in [0.1, 0.15) is 0 Å². The minimum absolute atomic E-state index is 0.289. The fourth-order valence-electron chi connectivity index (χ4n) is 1.42. The molecule has 2 aromatic rings. The van der Waals surface area contributed by atoms with Gasteiger partial charge in [0.15, 0.2) is 0 Å². The van der Waals surface area contributed by atoms with Crippen LogP contribution < -0.4 is 0 Å². The van der Waals surface area contributed by atoms with Crippen molar-refractivity contribution in [2.24, 2.45) is 0 Å². The molecule has 0 atom stereocenters. The summed E-state index contributed by atoms with van der Waals surface area (Å²) < 4.78 is 37.7. The van der Waals surface area contributed by atoms with E-state index in [2.05, 4.69) is 4.98 Å². The van der Waals surface area contributed by atoms with Gasteiger partial charge in [-0.05, 0) is 29.8 Å². The minimum Gasteiger partial charge on any atom is -0.361 e. The van der Waals surface area contributed by atoms with E-state index in [1.165, 1.54) is 6.07 Å². The Morgan fingerprint density at radius 2 is 1.88 bits per heavy atom. The Morgan fingerprint density at radius 3 is 2.44 bits per heavy atom. The Hall–Kier alpha value is -1.42. The van der Waals surface area contributed by atoms with Crippen LogP contribution in [-0.4, -0.2) is 4.98 Å². The summed E-state index contributed by atoms with van der Waals surface area (Å²) in [5.74, 6) is 0. The molecule has 0 aliphatic heterocycles. The number of rotatable bonds is 1. The summed E-state index contributed by atoms with van der Waals surface area (Å²) in [7, 11) is 0. The van der Waals surface area contributed by atoms with Crippen molar-refractivity contribution in [2.75, 3.05) is 0 Å². The molecule has 0 saturated carbocycles. The Morgan fingerprint density at radius 1 is 1.12 bits per heavy atom. The van der Waals surface area contributed by atoms with Gasteiger partial charge >= 0.3 is 6.18 Å². The zero-order valence-corrected chi connectivity index (χ0v) is 8.73. The van der Waals surface area contributed by atoms with Crippen LogP contribution in [0.3, 0.4) is 0 Å². The molecule has 0 bridgehead atoms. The van der Waals surface area contributed by atoms with Gasteiger partial charge in [-0.15, -0.1) is 0 Å². The van der Waals surface area contributed by atoms with Crippen molar-refractivity contribution < 1.29 is 13.2 Å². The first-order chi connectivity index (χ1) is 7.48. The van der Waals surface area contributed by atoms with E-state index in [4.69, 9.17) is 11.6 Å². The predicted molar refractivity (Wildman–Crippen MR) is 56.2 cm³/mol. The van der Waals surface area contributed by atoms with Crippen molar-refractivity contribution in [1.29, 1.82) is 0 Å². The molecule has 1 aromatic heterocycles. The highest BCUT2D eigenvalue weighted by Gasteiger charge is 2.33. The maximum atomic E-state index is 12.6. The van der Waals surface area contributed by atoms with Gasteiger partial charge in [-0.2, -0.15) is 13.2 Å². The van der Waals surface area contributed by atoms with Crippen LogP contribution in [0.25, 0.3) is 11.3 Å². The zero-order valence-electron chi connectivity index (χ0n) is 7.98. The number of H-pyrrole nitrogens is 1. The second kappa shape index (κ2) is 3.87. The van der Waals surface area contributed by atoms with Crippen LogP contribution in [0.4, 0.5) is 13.2 Å². The monoisotopic (exact) mass is 245 g/mol. The molecule has 84 valence electrons. The second-order valence-corrected chi connectivity index (χ2v) is 3.68. The molecule has 1 N–H and O–H groups in total. The Bertz CT molecular complexity index is 488. The molecule has 1 heterocycles. The van der Waals surface area contributed by atoms with E-state index in [0.29, 0.717) is 11.3 Å². The first-order valence-corrected chi connectivity index (χ1v) is 4.87. The molecule has 1 aromatic carbocycles. The largest absolute Gasteiger partial charge is 0.417 e. The normalized spacial score (nSPS) is 11.8. The fourth-order valence-corrected chi connectivity index (χ4v) is 1.64. The van der Waals surface area contributed by atoms with E-state index in [0.717, 1.165) is 6.07 Å². The van der Waals surface area contributed by atoms with E-state index in [1.807, 2.05) is 0 Å². The van der Waals surface area contributed by atoms with Crippen molar-refractivity contribution in [3.05, 3.63) is 47.1 Å². The van der Waals surface area contributed by atoms with Gasteiger partial charge in [-0.25, -0.2) is 0 Å². The van der Waals surface area contributed by atoms with Gasteiger partial charge in [-0.1, -0.05) is 17.7 Å². The molecular weight excluding hydrogens is 239 g/mol. The lowest BCUT2D eigenvalue weighted by molar-refractivity contribution is -0.137. The molecule has 5 heteroatoms. The van der Waals surface area contributed by atoms with Crippen molar-refractivity contribution in [1.82, 2.24) is 4.98 Å². The van der Waals surface area contributed by atoms with Gasteiger partial charge in [-0.3, -0.25) is 0 Å². The van der Waals surface area contributed by atoms with Crippen LogP contribution in [0.5, 0.6) is 0 Å². The molecule has 2 rings (SSSR count). The zero-order chi connectivity index (χ0) is 11.8. The maximum Gasteiger partial charge on any atom is 0.417 e. The molecule has 16 heavy (non-hydrogen) atoms. The molecule has 0 amide bonds. The lowest BCUT2D eigenvalue weighted by Gasteiger charge is -2.10. The highest BCUT2D eigenvalue weighted by Crippen LogP contribution is 2.36. The number of alkyl halides is 3. The molecule has 0 unspecified atom stereocenters. The van der Waals surface area contributed by atoms with Crippen LogP contribution >= 0.6 is 11.6 Å². The van der Waals surface area contributed by atoms with Crippen LogP contribution in [-0.2, 0) is 6.18 Å². The third-order valence-corrected chi connectivity index (χ3v) is 2.51. The number of halogens is 4. The van der Waals surface area contributed by atoms with Crippen molar-refractivity contribution in [3.8, 4) is 11.3 Å². The molecule has 0 spiro atoms. The van der Waals surface area contributed by atoms with E-state index < -0.39 is 11.7 Å². The number of nitrogens with one attached hydrogen (secondary N) is 1. The highest BCUT2D eigenvalue weighted by molar-refractivity contribution is 6.31. The van der Waals surface area contributed by atoms with E-state index >= 15 is 0 Å². The lowest BCUT2D eigenvalue weighted by Crippen LogP contribution is -2.05. The summed E-state index contributed by atoms with van der Waals surface area (Å²) in [5.41, 5.74) is 0.269. The van der Waals surface area contributed by atoms with Crippen molar-refractivity contribution >= 4 is 11.6 Å². The first-order valence-electron chi connectivity index (χ1n) is 4.49. The number of benzene rings is 1. The standard InChI is InChI=1S/C11H7ClF3N/c12-9-4-3-7(10-2-1-5-16-10)6-8(9)11(13,14)15/h1-6,16H. The Kier molecular flexibility index (Phi) is 2.68. The van der Waals surface area contributed by atoms with Gasteiger partial charge in [0.25, 0.3) is 0 Å². The second-order valence-electron chi connectivity index (χ2n) is 3.28.